The highest BCUT2D eigenvalue weighted by molar-refractivity contribution is 7.91. The largest absolute Gasteiger partial charge is 0.352 e. The van der Waals surface area contributed by atoms with Gasteiger partial charge in [-0.3, -0.25) is 4.79 Å². The monoisotopic (exact) mass is 426 g/mol. The number of sulfonamides is 1. The number of benzene rings is 1. The molecule has 5 nitrogen and oxygen atoms in total. The molecule has 0 bridgehead atoms. The Hall–Kier alpha value is -1.41. The van der Waals surface area contributed by atoms with E-state index in [4.69, 9.17) is 11.6 Å². The number of rotatable bonds is 6. The zero-order valence-electron chi connectivity index (χ0n) is 15.2. The third-order valence-corrected chi connectivity index (χ3v) is 8.52. The molecular weight excluding hydrogens is 404 g/mol. The lowest BCUT2D eigenvalue weighted by Gasteiger charge is -2.30. The van der Waals surface area contributed by atoms with Gasteiger partial charge >= 0.3 is 0 Å². The summed E-state index contributed by atoms with van der Waals surface area (Å²) in [5, 5.41) is 2.97. The first-order valence-corrected chi connectivity index (χ1v) is 11.6. The predicted octanol–water partition coefficient (Wildman–Crippen LogP) is 3.82. The second-order valence-corrected chi connectivity index (χ2v) is 10.7. The van der Waals surface area contributed by atoms with Gasteiger partial charge in [0.1, 0.15) is 4.21 Å². The molecule has 2 heterocycles. The maximum atomic E-state index is 12.6. The summed E-state index contributed by atoms with van der Waals surface area (Å²) in [6.07, 6.45) is 1.82. The molecule has 0 atom stereocenters. The van der Waals surface area contributed by atoms with Crippen LogP contribution >= 0.6 is 22.9 Å². The smallest absolute Gasteiger partial charge is 0.252 e. The van der Waals surface area contributed by atoms with Crippen molar-refractivity contribution in [3.05, 3.63) is 51.9 Å². The second kappa shape index (κ2) is 8.73. The standard InChI is InChI=1S/C19H23ClN2O3S2/c1-14-4-2-3-5-16(14)13-21-18(23)12-15-8-10-22(11-9-15)27(24,25)19-7-6-17(20)26-19/h2-7,15H,8-13H2,1H3,(H,21,23). The number of thiophene rings is 1. The lowest BCUT2D eigenvalue weighted by Crippen LogP contribution is -2.39. The Morgan fingerprint density at radius 2 is 1.93 bits per heavy atom. The van der Waals surface area contributed by atoms with Gasteiger partial charge < -0.3 is 5.32 Å². The number of halogens is 1. The molecule has 1 fully saturated rings. The van der Waals surface area contributed by atoms with Crippen LogP contribution in [0.3, 0.4) is 0 Å². The molecule has 0 saturated carbocycles. The van der Waals surface area contributed by atoms with E-state index in [2.05, 4.69) is 5.32 Å². The molecule has 1 N–H and O–H groups in total. The van der Waals surface area contributed by atoms with E-state index in [0.29, 0.717) is 43.2 Å². The van der Waals surface area contributed by atoms with Crippen molar-refractivity contribution < 1.29 is 13.2 Å². The first kappa shape index (κ1) is 20.3. The zero-order valence-corrected chi connectivity index (χ0v) is 17.5. The van der Waals surface area contributed by atoms with Crippen LogP contribution in [0.2, 0.25) is 4.34 Å². The summed E-state index contributed by atoms with van der Waals surface area (Å²) in [6, 6.07) is 11.1. The number of nitrogens with one attached hydrogen (secondary N) is 1. The fraction of sp³-hybridized carbons (Fsp3) is 0.421. The van der Waals surface area contributed by atoms with E-state index in [0.717, 1.165) is 22.5 Å². The summed E-state index contributed by atoms with van der Waals surface area (Å²) in [5.41, 5.74) is 2.27. The van der Waals surface area contributed by atoms with E-state index in [1.54, 1.807) is 12.1 Å². The third kappa shape index (κ3) is 5.10. The summed E-state index contributed by atoms with van der Waals surface area (Å²) >= 11 is 6.94. The quantitative estimate of drug-likeness (QED) is 0.763. The number of hydrogen-bond donors (Lipinski definition) is 1. The van der Waals surface area contributed by atoms with Crippen LogP contribution in [0, 0.1) is 12.8 Å². The van der Waals surface area contributed by atoms with Crippen molar-refractivity contribution in [3.8, 4) is 0 Å². The predicted molar refractivity (Wildman–Crippen MR) is 108 cm³/mol. The van der Waals surface area contributed by atoms with E-state index in [9.17, 15) is 13.2 Å². The van der Waals surface area contributed by atoms with Gasteiger partial charge in [-0.1, -0.05) is 35.9 Å². The van der Waals surface area contributed by atoms with Crippen LogP contribution in [0.4, 0.5) is 0 Å². The minimum atomic E-state index is -3.48. The Morgan fingerprint density at radius 3 is 2.56 bits per heavy atom. The molecule has 2 aromatic rings. The maximum Gasteiger partial charge on any atom is 0.252 e. The van der Waals surface area contributed by atoms with Crippen LogP contribution < -0.4 is 5.32 Å². The van der Waals surface area contributed by atoms with Gasteiger partial charge in [-0.15, -0.1) is 11.3 Å². The summed E-state index contributed by atoms with van der Waals surface area (Å²) < 4.78 is 27.5. The third-order valence-electron chi connectivity index (χ3n) is 4.93. The Labute approximate surface area is 169 Å². The van der Waals surface area contributed by atoms with Gasteiger partial charge in [0.05, 0.1) is 4.34 Å². The lowest BCUT2D eigenvalue weighted by molar-refractivity contribution is -0.122. The van der Waals surface area contributed by atoms with Crippen molar-refractivity contribution in [2.45, 2.75) is 36.9 Å². The van der Waals surface area contributed by atoms with E-state index < -0.39 is 10.0 Å². The van der Waals surface area contributed by atoms with Crippen LogP contribution in [0.15, 0.2) is 40.6 Å². The van der Waals surface area contributed by atoms with E-state index in [1.807, 2.05) is 31.2 Å². The molecule has 1 aliphatic heterocycles. The summed E-state index contributed by atoms with van der Waals surface area (Å²) in [5.74, 6) is 0.227. The SMILES string of the molecule is Cc1ccccc1CNC(=O)CC1CCN(S(=O)(=O)c2ccc(Cl)s2)CC1. The molecule has 27 heavy (non-hydrogen) atoms. The Morgan fingerprint density at radius 1 is 1.22 bits per heavy atom. The van der Waals surface area contributed by atoms with E-state index in [-0.39, 0.29) is 16.0 Å². The molecule has 1 amide bonds. The molecule has 0 radical (unpaired) electrons. The Kier molecular flexibility index (Phi) is 6.57. The highest BCUT2D eigenvalue weighted by atomic mass is 35.5. The number of amides is 1. The molecule has 1 aliphatic rings. The number of carbonyl (C=O) groups excluding carboxylic acids is 1. The molecule has 1 aromatic carbocycles. The van der Waals surface area contributed by atoms with Crippen LogP contribution in [0.25, 0.3) is 0 Å². The van der Waals surface area contributed by atoms with Crippen LogP contribution in [0.1, 0.15) is 30.4 Å². The van der Waals surface area contributed by atoms with Crippen molar-refractivity contribution in [3.63, 3.8) is 0 Å². The lowest BCUT2D eigenvalue weighted by atomic mass is 9.94. The van der Waals surface area contributed by atoms with Crippen molar-refractivity contribution in [1.82, 2.24) is 9.62 Å². The van der Waals surface area contributed by atoms with Crippen LogP contribution in [-0.4, -0.2) is 31.7 Å². The number of piperidine rings is 1. The van der Waals surface area contributed by atoms with Gasteiger partial charge in [-0.2, -0.15) is 4.31 Å². The topological polar surface area (TPSA) is 66.5 Å². The average molecular weight is 427 g/mol. The number of nitrogens with zero attached hydrogens (tertiary/aromatic N) is 1. The molecule has 0 spiro atoms. The molecular formula is C19H23ClN2O3S2. The van der Waals surface area contributed by atoms with Gasteiger partial charge in [0, 0.05) is 26.1 Å². The summed E-state index contributed by atoms with van der Waals surface area (Å²) in [7, 11) is -3.48. The van der Waals surface area contributed by atoms with Gasteiger partial charge in [0.15, 0.2) is 0 Å². The van der Waals surface area contributed by atoms with Crippen molar-refractivity contribution in [2.24, 2.45) is 5.92 Å². The minimum absolute atomic E-state index is 0.0181. The highest BCUT2D eigenvalue weighted by Crippen LogP contribution is 2.31. The summed E-state index contributed by atoms with van der Waals surface area (Å²) in [6.45, 7) is 3.43. The van der Waals surface area contributed by atoms with Gasteiger partial charge in [-0.05, 0) is 48.9 Å². The second-order valence-electron chi connectivity index (χ2n) is 6.81. The Balaban J connectivity index is 1.48. The van der Waals surface area contributed by atoms with E-state index in [1.165, 1.54) is 4.31 Å². The number of aryl methyl sites for hydroxylation is 1. The van der Waals surface area contributed by atoms with Crippen LogP contribution in [0.5, 0.6) is 0 Å². The van der Waals surface area contributed by atoms with Crippen LogP contribution in [-0.2, 0) is 21.4 Å². The highest BCUT2D eigenvalue weighted by Gasteiger charge is 2.31. The van der Waals surface area contributed by atoms with Gasteiger partial charge in [0.2, 0.25) is 5.91 Å². The van der Waals surface area contributed by atoms with Gasteiger partial charge in [-0.25, -0.2) is 8.42 Å². The molecule has 0 unspecified atom stereocenters. The van der Waals surface area contributed by atoms with Crippen molar-refractivity contribution in [1.29, 1.82) is 0 Å². The number of carbonyl (C=O) groups is 1. The average Bonchev–Trinajstić information content (AvgIpc) is 3.09. The number of hydrogen-bond acceptors (Lipinski definition) is 4. The molecule has 8 heteroatoms. The maximum absolute atomic E-state index is 12.6. The fourth-order valence-electron chi connectivity index (χ4n) is 3.25. The minimum Gasteiger partial charge on any atom is -0.352 e. The van der Waals surface area contributed by atoms with Crippen molar-refractivity contribution >= 4 is 38.9 Å². The normalized spacial score (nSPS) is 16.4. The molecule has 0 aliphatic carbocycles. The Bertz CT molecular complexity index is 903. The van der Waals surface area contributed by atoms with Crippen molar-refractivity contribution in [2.75, 3.05) is 13.1 Å². The van der Waals surface area contributed by atoms with Gasteiger partial charge in [0.25, 0.3) is 10.0 Å². The first-order chi connectivity index (χ1) is 12.9. The fourth-order valence-corrected chi connectivity index (χ4v) is 6.36. The van der Waals surface area contributed by atoms with E-state index >= 15 is 0 Å². The molecule has 3 rings (SSSR count). The summed E-state index contributed by atoms with van der Waals surface area (Å²) in [4.78, 5) is 12.2. The first-order valence-electron chi connectivity index (χ1n) is 8.93. The molecule has 146 valence electrons. The zero-order chi connectivity index (χ0) is 19.4. The molecule has 1 aromatic heterocycles. The molecule has 1 saturated heterocycles.